The SMILES string of the molecule is CC12C[C@@H](O)C(C)(O1)[C@H]1C(=O)N(c3ccc(C#N)c(C(F)(F)F)c3)C(=O)[C@H]12.CC12C[C@H](O)C(C)(O1)[C@H]1C(=O)N(c3ccc(C#N)c(C(F)(F)F)c3)C(=O)[C@H]12.[C-]#[N+]c1ccc(N2C(=O)[C@@H]3[C@H](C2=O)C2(C)C[C@H](O)C3(C)O2)cc1C. The van der Waals surface area contributed by atoms with E-state index in [1.807, 2.05) is 0 Å². The van der Waals surface area contributed by atoms with E-state index in [-0.39, 0.29) is 36.0 Å². The van der Waals surface area contributed by atoms with E-state index >= 15 is 0 Å². The predicted octanol–water partition coefficient (Wildman–Crippen LogP) is 5.95. The number of nitriles is 2. The van der Waals surface area contributed by atoms with Crippen LogP contribution in [0.25, 0.3) is 4.85 Å². The molecule has 78 heavy (non-hydrogen) atoms. The van der Waals surface area contributed by atoms with Crippen molar-refractivity contribution in [2.45, 2.75) is 132 Å². The molecule has 3 N–H and O–H groups in total. The van der Waals surface area contributed by atoms with Crippen LogP contribution in [0.1, 0.15) is 88.6 Å². The van der Waals surface area contributed by atoms with Crippen molar-refractivity contribution in [3.63, 3.8) is 0 Å². The Kier molecular flexibility index (Phi) is 11.8. The number of carbonyl (C=O) groups excluding carboxylic acids is 6. The molecule has 3 aromatic carbocycles. The molecule has 12 rings (SSSR count). The Morgan fingerprint density at radius 2 is 0.808 bits per heavy atom. The van der Waals surface area contributed by atoms with Crippen molar-refractivity contribution >= 4 is 58.2 Å². The average molecular weight is 1090 g/mol. The van der Waals surface area contributed by atoms with Gasteiger partial charge in [-0.1, -0.05) is 6.07 Å². The van der Waals surface area contributed by atoms with E-state index in [4.69, 9.17) is 31.3 Å². The van der Waals surface area contributed by atoms with Crippen LogP contribution in [-0.2, 0) is 55.3 Å². The van der Waals surface area contributed by atoms with Crippen molar-refractivity contribution in [3.8, 4) is 12.1 Å². The molecule has 9 fully saturated rings. The van der Waals surface area contributed by atoms with E-state index in [1.165, 1.54) is 17.0 Å². The number of hydrogen-bond donors (Lipinski definition) is 3. The summed E-state index contributed by atoms with van der Waals surface area (Å²) in [6.07, 6.45) is -11.6. The number of alkyl halides is 6. The average Bonchev–Trinajstić information content (AvgIpc) is 3.13. The van der Waals surface area contributed by atoms with Crippen LogP contribution in [0.5, 0.6) is 0 Å². The van der Waals surface area contributed by atoms with E-state index in [0.717, 1.165) is 39.6 Å². The summed E-state index contributed by atoms with van der Waals surface area (Å²) >= 11 is 0. The monoisotopic (exact) mass is 1090 g/mol. The van der Waals surface area contributed by atoms with Gasteiger partial charge in [0, 0.05) is 24.9 Å². The molecule has 0 aromatic heterocycles. The molecular formula is C54H48F6N6O12. The molecule has 9 heterocycles. The Labute approximate surface area is 440 Å². The molecule has 6 unspecified atom stereocenters. The smallest absolute Gasteiger partial charge is 0.390 e. The number of aliphatic hydroxyl groups is 3. The van der Waals surface area contributed by atoms with Gasteiger partial charge in [-0.2, -0.15) is 36.9 Å². The van der Waals surface area contributed by atoms with E-state index in [2.05, 4.69) is 4.85 Å². The van der Waals surface area contributed by atoms with Crippen LogP contribution in [0.4, 0.5) is 49.1 Å². The van der Waals surface area contributed by atoms with Gasteiger partial charge in [-0.3, -0.25) is 28.8 Å². The molecule has 9 saturated heterocycles. The predicted molar refractivity (Wildman–Crippen MR) is 254 cm³/mol. The molecular weight excluding hydrogens is 1040 g/mol. The number of aryl methyl sites for hydroxylation is 1. The van der Waals surface area contributed by atoms with Crippen LogP contribution in [0.3, 0.4) is 0 Å². The van der Waals surface area contributed by atoms with Crippen LogP contribution >= 0.6 is 0 Å². The van der Waals surface area contributed by atoms with Gasteiger partial charge in [-0.25, -0.2) is 19.5 Å². The number of hydrogen-bond acceptors (Lipinski definition) is 14. The van der Waals surface area contributed by atoms with Crippen LogP contribution in [0.15, 0.2) is 54.6 Å². The van der Waals surface area contributed by atoms with Gasteiger partial charge in [0.05, 0.1) is 123 Å². The normalized spacial score (nSPS) is 38.4. The largest absolute Gasteiger partial charge is 0.417 e. The first kappa shape index (κ1) is 54.3. The van der Waals surface area contributed by atoms with Crippen molar-refractivity contribution in [1.29, 1.82) is 10.5 Å². The van der Waals surface area contributed by atoms with E-state index in [0.29, 0.717) is 29.9 Å². The maximum atomic E-state index is 13.2. The lowest BCUT2D eigenvalue weighted by Gasteiger charge is -2.31. The van der Waals surface area contributed by atoms with E-state index < -0.39 is 146 Å². The Balaban J connectivity index is 0.000000133. The summed E-state index contributed by atoms with van der Waals surface area (Å²) in [5.41, 5.74) is -8.88. The number of imide groups is 3. The molecule has 15 atom stereocenters. The van der Waals surface area contributed by atoms with Gasteiger partial charge in [-0.15, -0.1) is 0 Å². The molecule has 0 spiro atoms. The highest BCUT2D eigenvalue weighted by molar-refractivity contribution is 6.25. The number of carbonyl (C=O) groups is 6. The second-order valence-electron chi connectivity index (χ2n) is 22.6. The number of benzene rings is 3. The van der Waals surface area contributed by atoms with Crippen molar-refractivity contribution in [2.75, 3.05) is 14.7 Å². The number of halogens is 6. The Morgan fingerprint density at radius 3 is 1.08 bits per heavy atom. The number of nitrogens with zero attached hydrogens (tertiary/aromatic N) is 6. The zero-order valence-electron chi connectivity index (χ0n) is 42.5. The van der Waals surface area contributed by atoms with Gasteiger partial charge in [0.15, 0.2) is 5.69 Å². The first-order chi connectivity index (χ1) is 36.1. The summed E-state index contributed by atoms with van der Waals surface area (Å²) in [5, 5.41) is 48.7. The number of amides is 6. The summed E-state index contributed by atoms with van der Waals surface area (Å²) in [7, 11) is 0. The minimum absolute atomic E-state index is 0.165. The number of ether oxygens (including phenoxy) is 3. The fraction of sp³-hybridized carbons (Fsp3) is 0.500. The highest BCUT2D eigenvalue weighted by Gasteiger charge is 2.78. The summed E-state index contributed by atoms with van der Waals surface area (Å²) in [5.74, 6) is -8.23. The topological polar surface area (TPSA) is 252 Å². The molecule has 9 aliphatic rings. The standard InChI is InChI=1S/2C18H15F3N2O4.C18H18N2O4/c2*1-16-6-11(24)17(2,27-16)13-12(16)14(25)23(15(13)26)9-4-3-8(7-22)10(5-9)18(19,20)21;1-9-7-10(5-6-11(9)19-4)20-15(22)13-14(16(20)23)18(3)12(21)8-17(13,2)24-18/h2*3-5,11-13,24H,6H2,1-2H3;5-7,12-14,21H,8H2,1-3H3/t11-,12+,13-,16?,17?;11-,12-,13+,16?,17?;12-,13+,14-,17?,18?/m100/s1. The maximum absolute atomic E-state index is 13.2. The first-order valence-electron chi connectivity index (χ1n) is 24.6. The van der Waals surface area contributed by atoms with Gasteiger partial charge >= 0.3 is 12.4 Å². The Hall–Kier alpha value is -7.11. The number of anilines is 3. The van der Waals surface area contributed by atoms with Gasteiger partial charge in [-0.05, 0) is 103 Å². The number of fused-ring (bicyclic) bond motifs is 15. The minimum Gasteiger partial charge on any atom is -0.390 e. The summed E-state index contributed by atoms with van der Waals surface area (Å²) in [6.45, 7) is 18.8. The van der Waals surface area contributed by atoms with Crippen molar-refractivity contribution < 1.29 is 84.6 Å². The van der Waals surface area contributed by atoms with E-state index in [1.54, 1.807) is 66.7 Å². The molecule has 6 amide bonds. The second kappa shape index (κ2) is 16.9. The molecule has 0 saturated carbocycles. The van der Waals surface area contributed by atoms with Crippen LogP contribution in [0, 0.1) is 71.7 Å². The van der Waals surface area contributed by atoms with Crippen molar-refractivity contribution in [3.05, 3.63) is 93.8 Å². The number of rotatable bonds is 3. The van der Waals surface area contributed by atoms with E-state index in [9.17, 15) is 70.4 Å². The van der Waals surface area contributed by atoms with Crippen LogP contribution in [0.2, 0.25) is 0 Å². The fourth-order valence-corrected chi connectivity index (χ4v) is 14.2. The molecule has 3 aromatic rings. The summed E-state index contributed by atoms with van der Waals surface area (Å²) in [6, 6.07) is 13.3. The highest BCUT2D eigenvalue weighted by atomic mass is 19.4. The molecule has 408 valence electrons. The van der Waals surface area contributed by atoms with Crippen molar-refractivity contribution in [2.24, 2.45) is 35.5 Å². The van der Waals surface area contributed by atoms with Gasteiger partial charge in [0.2, 0.25) is 35.4 Å². The molecule has 9 aliphatic heterocycles. The molecule has 18 nitrogen and oxygen atoms in total. The fourth-order valence-electron chi connectivity index (χ4n) is 14.2. The summed E-state index contributed by atoms with van der Waals surface area (Å²) in [4.78, 5) is 83.9. The second-order valence-corrected chi connectivity index (χ2v) is 22.6. The van der Waals surface area contributed by atoms with Gasteiger partial charge < -0.3 is 29.5 Å². The molecule has 24 heteroatoms. The lowest BCUT2D eigenvalue weighted by atomic mass is 9.67. The summed E-state index contributed by atoms with van der Waals surface area (Å²) < 4.78 is 97.1. The third-order valence-electron chi connectivity index (χ3n) is 17.8. The quantitative estimate of drug-likeness (QED) is 0.156. The van der Waals surface area contributed by atoms with Crippen LogP contribution < -0.4 is 14.7 Å². The van der Waals surface area contributed by atoms with Gasteiger partial charge in [0.1, 0.15) is 16.8 Å². The zero-order chi connectivity index (χ0) is 57.3. The minimum atomic E-state index is -4.81. The lowest BCUT2D eigenvalue weighted by Crippen LogP contribution is -2.49. The van der Waals surface area contributed by atoms with Gasteiger partial charge in [0.25, 0.3) is 0 Å². The molecule has 0 radical (unpaired) electrons. The lowest BCUT2D eigenvalue weighted by molar-refractivity contribution is -0.138. The van der Waals surface area contributed by atoms with Crippen LogP contribution in [-0.4, -0.2) is 103 Å². The third-order valence-corrected chi connectivity index (χ3v) is 17.8. The Bertz CT molecular complexity index is 3220. The Morgan fingerprint density at radius 1 is 0.526 bits per heavy atom. The number of aliphatic hydroxyl groups excluding tert-OH is 3. The molecule has 6 bridgehead atoms. The van der Waals surface area contributed by atoms with Crippen molar-refractivity contribution in [1.82, 2.24) is 0 Å². The first-order valence-corrected chi connectivity index (χ1v) is 24.6. The third kappa shape index (κ3) is 7.28. The highest BCUT2D eigenvalue weighted by Crippen LogP contribution is 2.64. The zero-order valence-corrected chi connectivity index (χ0v) is 42.5. The maximum Gasteiger partial charge on any atom is 0.417 e. The molecule has 0 aliphatic carbocycles.